The van der Waals surface area contributed by atoms with Crippen LogP contribution in [0.5, 0.6) is 0 Å². The van der Waals surface area contributed by atoms with E-state index < -0.39 is 17.1 Å². The van der Waals surface area contributed by atoms with E-state index in [1.807, 2.05) is 13.8 Å². The molecule has 7 heteroatoms. The second-order valence-corrected chi connectivity index (χ2v) is 12.9. The van der Waals surface area contributed by atoms with Gasteiger partial charge in [-0.3, -0.25) is 0 Å². The molecule has 0 aliphatic carbocycles. The Balaban J connectivity index is 5.47. The summed E-state index contributed by atoms with van der Waals surface area (Å²) in [5.74, 6) is 0. The maximum atomic E-state index is 5.90. The van der Waals surface area contributed by atoms with Gasteiger partial charge in [0.25, 0.3) is 0 Å². The molecular weight excluding hydrogens is 286 g/mol. The predicted molar refractivity (Wildman–Crippen MR) is 90.8 cm³/mol. The number of hydrogen-bond acceptors (Lipinski definition) is 5. The number of rotatable bonds is 9. The van der Waals surface area contributed by atoms with Gasteiger partial charge in [0, 0.05) is 13.2 Å². The monoisotopic (exact) mass is 319 g/mol. The molecular formula is C13H33N3O2Si2. The average Bonchev–Trinajstić information content (AvgIpc) is 2.28. The lowest BCUT2D eigenvalue weighted by atomic mass is 10.9. The minimum absolute atomic E-state index is 0.688. The summed E-state index contributed by atoms with van der Waals surface area (Å²) in [5, 5.41) is 0. The van der Waals surface area contributed by atoms with Gasteiger partial charge in [-0.25, -0.2) is 0 Å². The van der Waals surface area contributed by atoms with Crippen molar-refractivity contribution in [3.05, 3.63) is 11.4 Å². The van der Waals surface area contributed by atoms with Crippen LogP contribution >= 0.6 is 0 Å². The van der Waals surface area contributed by atoms with Crippen molar-refractivity contribution in [2.45, 2.75) is 20.4 Å². The zero-order valence-corrected chi connectivity index (χ0v) is 16.7. The van der Waals surface area contributed by atoms with Crippen LogP contribution in [0, 0.1) is 0 Å². The van der Waals surface area contributed by atoms with Gasteiger partial charge in [0.1, 0.15) is 0 Å². The fraction of sp³-hybridized carbons (Fsp3) is 0.846. The molecule has 0 spiro atoms. The molecule has 0 atom stereocenters. The molecule has 0 aromatic rings. The Morgan fingerprint density at radius 1 is 0.750 bits per heavy atom. The molecule has 0 rings (SSSR count). The van der Waals surface area contributed by atoms with E-state index >= 15 is 0 Å². The quantitative estimate of drug-likeness (QED) is 0.599. The standard InChI is InChI=1S/C13H33N3O2Si2/c1-10-17-19(9,18-11-2)12-13-20(14(3)4,15(5)6)16(7)8/h12-13H,10-11H2,1-9H3. The smallest absolute Gasteiger partial charge is 0.361 e. The lowest BCUT2D eigenvalue weighted by molar-refractivity contribution is 0.201. The van der Waals surface area contributed by atoms with Gasteiger partial charge in [-0.05, 0) is 68.4 Å². The van der Waals surface area contributed by atoms with Crippen molar-refractivity contribution in [2.24, 2.45) is 0 Å². The summed E-state index contributed by atoms with van der Waals surface area (Å²) in [4.78, 5) is 0. The Morgan fingerprint density at radius 3 is 1.35 bits per heavy atom. The molecule has 0 bridgehead atoms. The van der Waals surface area contributed by atoms with Gasteiger partial charge in [-0.2, -0.15) is 0 Å². The van der Waals surface area contributed by atoms with Crippen molar-refractivity contribution < 1.29 is 8.85 Å². The highest BCUT2D eigenvalue weighted by Crippen LogP contribution is 2.17. The molecule has 0 aliphatic rings. The molecule has 5 nitrogen and oxygen atoms in total. The zero-order chi connectivity index (χ0) is 16.0. The minimum atomic E-state index is -2.22. The van der Waals surface area contributed by atoms with E-state index in [1.165, 1.54) is 0 Å². The first-order valence-electron chi connectivity index (χ1n) is 7.16. The van der Waals surface area contributed by atoms with Crippen molar-refractivity contribution in [1.29, 1.82) is 0 Å². The highest BCUT2D eigenvalue weighted by atomic mass is 28.4. The molecule has 0 fully saturated rings. The molecule has 0 aliphatic heterocycles. The molecule has 0 saturated carbocycles. The minimum Gasteiger partial charge on any atom is -0.392 e. The Bertz CT molecular complexity index is 282. The first-order chi connectivity index (χ1) is 9.16. The van der Waals surface area contributed by atoms with Gasteiger partial charge in [0.2, 0.25) is 0 Å². The summed E-state index contributed by atoms with van der Waals surface area (Å²) in [5.41, 5.74) is 4.52. The van der Waals surface area contributed by atoms with Crippen molar-refractivity contribution in [3.8, 4) is 0 Å². The molecule has 120 valence electrons. The molecule has 0 amide bonds. The van der Waals surface area contributed by atoms with Gasteiger partial charge < -0.3 is 22.5 Å². The third kappa shape index (κ3) is 4.76. The maximum absolute atomic E-state index is 5.90. The maximum Gasteiger partial charge on any atom is 0.361 e. The van der Waals surface area contributed by atoms with Crippen molar-refractivity contribution >= 4 is 17.1 Å². The third-order valence-electron chi connectivity index (χ3n) is 3.45. The number of nitrogens with zero attached hydrogens (tertiary/aromatic N) is 3. The van der Waals surface area contributed by atoms with Crippen molar-refractivity contribution in [1.82, 2.24) is 13.7 Å². The normalized spacial score (nSPS) is 14.2. The van der Waals surface area contributed by atoms with Crippen LogP contribution in [-0.2, 0) is 8.85 Å². The van der Waals surface area contributed by atoms with Crippen LogP contribution in [0.3, 0.4) is 0 Å². The molecule has 20 heavy (non-hydrogen) atoms. The fourth-order valence-electron chi connectivity index (χ4n) is 2.62. The molecule has 0 heterocycles. The van der Waals surface area contributed by atoms with Crippen molar-refractivity contribution in [2.75, 3.05) is 55.5 Å². The van der Waals surface area contributed by atoms with Crippen molar-refractivity contribution in [3.63, 3.8) is 0 Å². The van der Waals surface area contributed by atoms with Gasteiger partial charge in [0.15, 0.2) is 0 Å². The lowest BCUT2D eigenvalue weighted by Crippen LogP contribution is -2.69. The van der Waals surface area contributed by atoms with E-state index in [4.69, 9.17) is 8.85 Å². The van der Waals surface area contributed by atoms with Gasteiger partial charge in [-0.1, -0.05) is 5.70 Å². The van der Waals surface area contributed by atoms with E-state index in [0.717, 1.165) is 0 Å². The summed E-state index contributed by atoms with van der Waals surface area (Å²) in [6, 6.07) is 0. The first kappa shape index (κ1) is 20.0. The van der Waals surface area contributed by atoms with E-state index in [0.29, 0.717) is 13.2 Å². The summed E-state index contributed by atoms with van der Waals surface area (Å²) >= 11 is 0. The Kier molecular flexibility index (Phi) is 8.41. The van der Waals surface area contributed by atoms with Crippen LogP contribution in [0.1, 0.15) is 13.8 Å². The highest BCUT2D eigenvalue weighted by Gasteiger charge is 2.41. The SMILES string of the molecule is CCO[Si](C)(C=C[Si](N(C)C)(N(C)C)N(C)C)OCC. The largest absolute Gasteiger partial charge is 0.392 e. The average molecular weight is 320 g/mol. The van der Waals surface area contributed by atoms with Crippen LogP contribution in [-0.4, -0.2) is 86.3 Å². The van der Waals surface area contributed by atoms with Gasteiger partial charge in [-0.15, -0.1) is 0 Å². The third-order valence-corrected chi connectivity index (χ3v) is 10.8. The van der Waals surface area contributed by atoms with E-state index in [2.05, 4.69) is 73.9 Å². The molecule has 0 radical (unpaired) electrons. The molecule has 0 aromatic heterocycles. The summed E-state index contributed by atoms with van der Waals surface area (Å²) < 4.78 is 18.7. The number of hydrogen-bond donors (Lipinski definition) is 0. The van der Waals surface area contributed by atoms with E-state index in [-0.39, 0.29) is 0 Å². The van der Waals surface area contributed by atoms with Crippen LogP contribution < -0.4 is 0 Å². The molecule has 0 N–H and O–H groups in total. The first-order valence-corrected chi connectivity index (χ1v) is 11.5. The highest BCUT2D eigenvalue weighted by molar-refractivity contribution is 6.80. The topological polar surface area (TPSA) is 28.2 Å². The molecule has 0 saturated heterocycles. The van der Waals surface area contributed by atoms with E-state index in [9.17, 15) is 0 Å². The van der Waals surface area contributed by atoms with Gasteiger partial charge >= 0.3 is 17.1 Å². The fourth-order valence-corrected chi connectivity index (χ4v) is 9.44. The van der Waals surface area contributed by atoms with Crippen LogP contribution in [0.25, 0.3) is 0 Å². The predicted octanol–water partition coefficient (Wildman–Crippen LogP) is 1.39. The zero-order valence-electron chi connectivity index (χ0n) is 14.7. The van der Waals surface area contributed by atoms with Crippen LogP contribution in [0.15, 0.2) is 11.4 Å². The molecule has 0 aromatic carbocycles. The Labute approximate surface area is 127 Å². The summed E-state index contributed by atoms with van der Waals surface area (Å²) in [6.07, 6.45) is 0. The van der Waals surface area contributed by atoms with Gasteiger partial charge in [0.05, 0.1) is 0 Å². The molecule has 0 unspecified atom stereocenters. The lowest BCUT2D eigenvalue weighted by Gasteiger charge is -2.44. The second kappa shape index (κ2) is 8.42. The Hall–Kier alpha value is -0.0262. The Morgan fingerprint density at radius 2 is 1.10 bits per heavy atom. The summed E-state index contributed by atoms with van der Waals surface area (Å²) in [7, 11) is 8.59. The van der Waals surface area contributed by atoms with Crippen LogP contribution in [0.4, 0.5) is 0 Å². The second-order valence-electron chi connectivity index (χ2n) is 5.59. The van der Waals surface area contributed by atoms with E-state index in [1.54, 1.807) is 0 Å². The van der Waals surface area contributed by atoms with Crippen LogP contribution in [0.2, 0.25) is 6.55 Å². The summed E-state index contributed by atoms with van der Waals surface area (Å²) in [6.45, 7) is 7.52.